The number of nitro groups is 1. The topological polar surface area (TPSA) is 271 Å². The Hall–Kier alpha value is -3.93. The van der Waals surface area contributed by atoms with E-state index in [9.17, 15) is 24.5 Å². The zero-order valence-electron chi connectivity index (χ0n) is 24.4. The molecule has 2 atom stereocenters. The zero-order chi connectivity index (χ0) is 31.5. The number of non-ortho nitro benzene ring substituents is 1. The molecule has 17 nitrogen and oxygen atoms in total. The van der Waals surface area contributed by atoms with Gasteiger partial charge in [0.2, 0.25) is 23.2 Å². The zero-order valence-corrected chi connectivity index (χ0v) is 24.4. The maximum absolute atomic E-state index is 12.7. The summed E-state index contributed by atoms with van der Waals surface area (Å²) in [4.78, 5) is 46.8. The van der Waals surface area contributed by atoms with Crippen LogP contribution in [0.4, 0.5) is 11.4 Å². The van der Waals surface area contributed by atoms with Gasteiger partial charge in [-0.3, -0.25) is 24.5 Å². The number of amides is 3. The van der Waals surface area contributed by atoms with Crippen LogP contribution in [0.25, 0.3) is 11.0 Å². The number of anilines is 1. The van der Waals surface area contributed by atoms with Crippen LogP contribution < -0.4 is 43.8 Å². The number of nitrogens with zero attached hydrogens (tertiary/aromatic N) is 3. The van der Waals surface area contributed by atoms with Gasteiger partial charge in [0.1, 0.15) is 6.04 Å². The largest absolute Gasteiger partial charge is 0.371 e. The van der Waals surface area contributed by atoms with Crippen molar-refractivity contribution in [2.75, 3.05) is 51.1 Å². The second kappa shape index (κ2) is 20.1. The van der Waals surface area contributed by atoms with Gasteiger partial charge >= 0.3 is 5.69 Å². The molecule has 1 aromatic carbocycles. The average Bonchev–Trinajstić information content (AvgIpc) is 3.47. The lowest BCUT2D eigenvalue weighted by Gasteiger charge is -2.18. The minimum Gasteiger partial charge on any atom is -0.371 e. The standard InChI is InChI=1S/C26H45N11O6/c27-10-2-1-7-18(28)25(39)32-16-6-14-31-13-5-12-30-11-3-4-15-33-26(40)20(17-22(29)38)34-19-8-9-21(37(41)42)24-23(19)35-43-36-24/h8-9,18,20,30-31,34H,1-7,10-17,27-28H2,(H2,29,38)(H,32,39)(H,33,40)/t18-,20-/m0/s1. The molecule has 0 unspecified atom stereocenters. The fraction of sp³-hybridized carbons (Fsp3) is 0.654. The number of benzene rings is 1. The molecule has 0 aliphatic heterocycles. The van der Waals surface area contributed by atoms with E-state index in [1.807, 2.05) is 0 Å². The highest BCUT2D eigenvalue weighted by Crippen LogP contribution is 2.29. The molecule has 0 saturated heterocycles. The number of primary amides is 1. The number of nitrogens with one attached hydrogen (secondary N) is 5. The van der Waals surface area contributed by atoms with Crippen molar-refractivity contribution >= 4 is 40.1 Å². The molecule has 11 N–H and O–H groups in total. The Bertz CT molecular complexity index is 1160. The number of nitro benzene ring substituents is 1. The summed E-state index contributed by atoms with van der Waals surface area (Å²) in [6.07, 6.45) is 5.42. The predicted molar refractivity (Wildman–Crippen MR) is 161 cm³/mol. The lowest BCUT2D eigenvalue weighted by atomic mass is 10.1. The van der Waals surface area contributed by atoms with Gasteiger partial charge < -0.3 is 43.8 Å². The van der Waals surface area contributed by atoms with Crippen molar-refractivity contribution in [3.05, 3.63) is 22.2 Å². The molecule has 0 bridgehead atoms. The van der Waals surface area contributed by atoms with E-state index in [0.717, 1.165) is 64.7 Å². The second-order valence-corrected chi connectivity index (χ2v) is 10.1. The Kier molecular flexibility index (Phi) is 16.5. The number of rotatable bonds is 24. The van der Waals surface area contributed by atoms with Gasteiger partial charge in [-0.15, -0.1) is 0 Å². The highest BCUT2D eigenvalue weighted by molar-refractivity contribution is 5.96. The molecular weight excluding hydrogens is 562 g/mol. The van der Waals surface area contributed by atoms with Gasteiger partial charge in [-0.05, 0) is 87.6 Å². The molecular formula is C26H45N11O6. The van der Waals surface area contributed by atoms with Crippen molar-refractivity contribution in [3.63, 3.8) is 0 Å². The Balaban J connectivity index is 1.54. The molecule has 43 heavy (non-hydrogen) atoms. The minimum atomic E-state index is -1.01. The van der Waals surface area contributed by atoms with Crippen LogP contribution in [0.2, 0.25) is 0 Å². The van der Waals surface area contributed by atoms with Gasteiger partial charge in [-0.2, -0.15) is 0 Å². The van der Waals surface area contributed by atoms with Crippen molar-refractivity contribution in [2.24, 2.45) is 17.2 Å². The van der Waals surface area contributed by atoms with Crippen molar-refractivity contribution < 1.29 is 23.9 Å². The maximum atomic E-state index is 12.7. The summed E-state index contributed by atoms with van der Waals surface area (Å²) in [5.41, 5.74) is 16.6. The van der Waals surface area contributed by atoms with Crippen LogP contribution in [0, 0.1) is 10.1 Å². The van der Waals surface area contributed by atoms with E-state index in [-0.39, 0.29) is 34.7 Å². The highest BCUT2D eigenvalue weighted by Gasteiger charge is 2.25. The first-order valence-corrected chi connectivity index (χ1v) is 14.6. The Morgan fingerprint density at radius 2 is 1.47 bits per heavy atom. The molecule has 2 rings (SSSR count). The number of hydrogen-bond donors (Lipinski definition) is 8. The first kappa shape index (κ1) is 35.3. The van der Waals surface area contributed by atoms with E-state index in [1.165, 1.54) is 12.1 Å². The molecule has 1 heterocycles. The summed E-state index contributed by atoms with van der Waals surface area (Å²) in [7, 11) is 0. The van der Waals surface area contributed by atoms with E-state index in [2.05, 4.69) is 41.5 Å². The second-order valence-electron chi connectivity index (χ2n) is 10.1. The van der Waals surface area contributed by atoms with Crippen LogP contribution in [0.3, 0.4) is 0 Å². The summed E-state index contributed by atoms with van der Waals surface area (Å²) in [6, 6.07) is 1.10. The molecule has 0 radical (unpaired) electrons. The average molecular weight is 608 g/mol. The first-order valence-electron chi connectivity index (χ1n) is 14.6. The number of carbonyl (C=O) groups is 3. The molecule has 240 valence electrons. The quantitative estimate of drug-likeness (QED) is 0.0413. The summed E-state index contributed by atoms with van der Waals surface area (Å²) < 4.78 is 4.63. The van der Waals surface area contributed by atoms with Gasteiger partial charge in [0, 0.05) is 19.2 Å². The van der Waals surface area contributed by atoms with Gasteiger partial charge in [-0.25, -0.2) is 4.63 Å². The molecule has 0 saturated carbocycles. The third kappa shape index (κ3) is 13.3. The number of carbonyl (C=O) groups excluding carboxylic acids is 3. The van der Waals surface area contributed by atoms with Crippen molar-refractivity contribution in [1.82, 2.24) is 31.6 Å². The molecule has 1 aromatic heterocycles. The van der Waals surface area contributed by atoms with Gasteiger partial charge in [-0.1, -0.05) is 6.42 Å². The van der Waals surface area contributed by atoms with Crippen LogP contribution in [0.1, 0.15) is 51.4 Å². The Morgan fingerprint density at radius 1 is 0.860 bits per heavy atom. The van der Waals surface area contributed by atoms with Gasteiger partial charge in [0.15, 0.2) is 5.52 Å². The first-order chi connectivity index (χ1) is 20.7. The van der Waals surface area contributed by atoms with Crippen LogP contribution in [0.15, 0.2) is 16.8 Å². The highest BCUT2D eigenvalue weighted by atomic mass is 16.6. The fourth-order valence-electron chi connectivity index (χ4n) is 4.21. The molecule has 2 aromatic rings. The van der Waals surface area contributed by atoms with E-state index < -0.39 is 28.8 Å². The SMILES string of the molecule is NCCCC[C@H](N)C(=O)NCCCNCCCNCCCCNC(=O)[C@H](CC(N)=O)Nc1ccc([N+](=O)[O-])c2nonc12. The number of aromatic nitrogens is 2. The fourth-order valence-corrected chi connectivity index (χ4v) is 4.21. The van der Waals surface area contributed by atoms with E-state index in [1.54, 1.807) is 0 Å². The smallest absolute Gasteiger partial charge is 0.300 e. The number of nitrogens with two attached hydrogens (primary N) is 3. The summed E-state index contributed by atoms with van der Waals surface area (Å²) in [6.45, 7) is 4.89. The van der Waals surface area contributed by atoms with Crippen LogP contribution >= 0.6 is 0 Å². The number of unbranched alkanes of at least 4 members (excludes halogenated alkanes) is 2. The van der Waals surface area contributed by atoms with Crippen molar-refractivity contribution in [3.8, 4) is 0 Å². The molecule has 0 spiro atoms. The van der Waals surface area contributed by atoms with E-state index in [4.69, 9.17) is 17.2 Å². The minimum absolute atomic E-state index is 0.0664. The Labute approximate surface area is 249 Å². The third-order valence-electron chi connectivity index (χ3n) is 6.56. The molecule has 17 heteroatoms. The number of hydrogen-bond acceptors (Lipinski definition) is 13. The molecule has 3 amide bonds. The van der Waals surface area contributed by atoms with Gasteiger partial charge in [0.05, 0.1) is 23.1 Å². The molecule has 0 aliphatic carbocycles. The molecule has 0 aliphatic rings. The van der Waals surface area contributed by atoms with Crippen LogP contribution in [0.5, 0.6) is 0 Å². The van der Waals surface area contributed by atoms with Gasteiger partial charge in [0.25, 0.3) is 0 Å². The lowest BCUT2D eigenvalue weighted by Crippen LogP contribution is -2.42. The Morgan fingerprint density at radius 3 is 2.14 bits per heavy atom. The van der Waals surface area contributed by atoms with Crippen molar-refractivity contribution in [1.29, 1.82) is 0 Å². The van der Waals surface area contributed by atoms with Crippen molar-refractivity contribution in [2.45, 2.75) is 63.5 Å². The summed E-state index contributed by atoms with van der Waals surface area (Å²) in [5.74, 6) is -1.24. The summed E-state index contributed by atoms with van der Waals surface area (Å²) >= 11 is 0. The van der Waals surface area contributed by atoms with Crippen LogP contribution in [-0.2, 0) is 14.4 Å². The molecule has 0 fully saturated rings. The normalized spacial score (nSPS) is 12.5. The third-order valence-corrected chi connectivity index (χ3v) is 6.56. The maximum Gasteiger partial charge on any atom is 0.300 e. The number of fused-ring (bicyclic) bond motifs is 1. The monoisotopic (exact) mass is 607 g/mol. The summed E-state index contributed by atoms with van der Waals surface area (Å²) in [5, 5.41) is 33.7. The van der Waals surface area contributed by atoms with Crippen LogP contribution in [-0.4, -0.2) is 90.9 Å². The van der Waals surface area contributed by atoms with E-state index >= 15 is 0 Å². The lowest BCUT2D eigenvalue weighted by molar-refractivity contribution is -0.383. The van der Waals surface area contributed by atoms with E-state index in [0.29, 0.717) is 26.1 Å². The predicted octanol–water partition coefficient (Wildman–Crippen LogP) is -0.785.